The number of carbonyl (C=O) groups is 1. The van der Waals surface area contributed by atoms with Crippen LogP contribution in [0.25, 0.3) is 10.1 Å². The average molecular weight is 394 g/mol. The fourth-order valence-corrected chi connectivity index (χ4v) is 4.21. The Balaban J connectivity index is 1.95. The van der Waals surface area contributed by atoms with Crippen molar-refractivity contribution in [2.24, 2.45) is 0 Å². The Hall–Kier alpha value is -2.49. The maximum Gasteiger partial charge on any atom is 0.265 e. The second-order valence-electron chi connectivity index (χ2n) is 5.68. The molecule has 9 heteroatoms. The van der Waals surface area contributed by atoms with Crippen LogP contribution in [0.1, 0.15) is 9.67 Å². The minimum absolute atomic E-state index is 0.0455. The molecule has 0 saturated heterocycles. The van der Waals surface area contributed by atoms with Gasteiger partial charge in [-0.3, -0.25) is 4.79 Å². The Kier molecular flexibility index (Phi) is 4.70. The largest absolute Gasteiger partial charge is 0.506 e. The highest BCUT2D eigenvalue weighted by Gasteiger charge is 2.20. The molecule has 136 valence electrons. The zero-order chi connectivity index (χ0) is 19.1. The molecular weight excluding hydrogens is 379 g/mol. The van der Waals surface area contributed by atoms with Crippen LogP contribution in [-0.2, 0) is 10.0 Å². The second kappa shape index (κ2) is 6.67. The van der Waals surface area contributed by atoms with Crippen molar-refractivity contribution in [3.63, 3.8) is 0 Å². The number of phenolic OH excluding ortho intramolecular Hbond substituents is 1. The summed E-state index contributed by atoms with van der Waals surface area (Å²) in [6.07, 6.45) is 0. The number of anilines is 1. The van der Waals surface area contributed by atoms with Crippen LogP contribution in [0, 0.1) is 5.82 Å². The number of fused-ring (bicyclic) bond motifs is 1. The fourth-order valence-electron chi connectivity index (χ4n) is 2.31. The smallest absolute Gasteiger partial charge is 0.265 e. The predicted molar refractivity (Wildman–Crippen MR) is 98.7 cm³/mol. The number of carbonyl (C=O) groups excluding carboxylic acids is 1. The Bertz CT molecular complexity index is 1110. The van der Waals surface area contributed by atoms with Crippen molar-refractivity contribution in [3.8, 4) is 5.75 Å². The number of rotatable bonds is 4. The van der Waals surface area contributed by atoms with Crippen LogP contribution in [0.15, 0.2) is 47.4 Å². The van der Waals surface area contributed by atoms with Crippen molar-refractivity contribution in [2.45, 2.75) is 4.90 Å². The number of sulfonamides is 1. The van der Waals surface area contributed by atoms with Crippen LogP contribution in [0.4, 0.5) is 10.1 Å². The highest BCUT2D eigenvalue weighted by Crippen LogP contribution is 2.31. The predicted octanol–water partition coefficient (Wildman–Crippen LogP) is 3.25. The summed E-state index contributed by atoms with van der Waals surface area (Å²) in [6, 6.07) is 9.58. The first-order valence-electron chi connectivity index (χ1n) is 7.45. The molecule has 3 aromatic rings. The molecule has 0 fully saturated rings. The molecule has 0 aliphatic rings. The molecule has 0 spiro atoms. The number of amides is 1. The van der Waals surface area contributed by atoms with E-state index in [1.54, 1.807) is 12.1 Å². The number of benzene rings is 2. The molecule has 0 aliphatic heterocycles. The lowest BCUT2D eigenvalue weighted by Gasteiger charge is -2.13. The Morgan fingerprint density at radius 1 is 1.19 bits per heavy atom. The van der Waals surface area contributed by atoms with Gasteiger partial charge in [0.05, 0.1) is 15.5 Å². The molecule has 1 heterocycles. The Morgan fingerprint density at radius 2 is 1.92 bits per heavy atom. The molecule has 0 aliphatic carbocycles. The van der Waals surface area contributed by atoms with Gasteiger partial charge < -0.3 is 10.4 Å². The van der Waals surface area contributed by atoms with E-state index >= 15 is 0 Å². The maximum absolute atomic E-state index is 13.8. The summed E-state index contributed by atoms with van der Waals surface area (Å²) >= 11 is 1.10. The van der Waals surface area contributed by atoms with E-state index in [-0.39, 0.29) is 21.2 Å². The van der Waals surface area contributed by atoms with Crippen LogP contribution in [0.2, 0.25) is 0 Å². The number of nitrogens with one attached hydrogen (secondary N) is 1. The number of nitrogens with zero attached hydrogens (tertiary/aromatic N) is 1. The lowest BCUT2D eigenvalue weighted by Crippen LogP contribution is -2.22. The van der Waals surface area contributed by atoms with Crippen LogP contribution < -0.4 is 5.32 Å². The van der Waals surface area contributed by atoms with E-state index in [2.05, 4.69) is 5.32 Å². The molecule has 3 rings (SSSR count). The van der Waals surface area contributed by atoms with Gasteiger partial charge >= 0.3 is 0 Å². The van der Waals surface area contributed by atoms with Gasteiger partial charge in [0.1, 0.15) is 11.6 Å². The van der Waals surface area contributed by atoms with Crippen molar-refractivity contribution in [1.82, 2.24) is 4.31 Å². The monoisotopic (exact) mass is 394 g/mol. The Labute approximate surface area is 153 Å². The van der Waals surface area contributed by atoms with Crippen molar-refractivity contribution in [1.29, 1.82) is 0 Å². The zero-order valence-electron chi connectivity index (χ0n) is 13.9. The van der Waals surface area contributed by atoms with Crippen LogP contribution in [0.3, 0.4) is 0 Å². The quantitative estimate of drug-likeness (QED) is 0.665. The van der Waals surface area contributed by atoms with E-state index in [4.69, 9.17) is 0 Å². The van der Waals surface area contributed by atoms with Gasteiger partial charge in [-0.15, -0.1) is 11.3 Å². The second-order valence-corrected chi connectivity index (χ2v) is 8.92. The molecule has 2 aromatic carbocycles. The topological polar surface area (TPSA) is 86.7 Å². The molecule has 0 saturated carbocycles. The van der Waals surface area contributed by atoms with Gasteiger partial charge in [-0.2, -0.15) is 0 Å². The van der Waals surface area contributed by atoms with Crippen molar-refractivity contribution in [3.05, 3.63) is 53.2 Å². The molecule has 6 nitrogen and oxygen atoms in total. The number of hydrogen-bond donors (Lipinski definition) is 2. The van der Waals surface area contributed by atoms with Gasteiger partial charge in [0.15, 0.2) is 0 Å². The van der Waals surface area contributed by atoms with Gasteiger partial charge in [0.25, 0.3) is 5.91 Å². The summed E-state index contributed by atoms with van der Waals surface area (Å²) in [6.45, 7) is 0. The standard InChI is InChI=1S/C17H15FN2O4S2/c1-20(2)26(23,24)10-6-7-14(21)13(8-10)19-17(22)16-9-11-12(18)4-3-5-15(11)25-16/h3-9,21H,1-2H3,(H,19,22). The number of thiophene rings is 1. The third-order valence-electron chi connectivity index (χ3n) is 3.73. The number of halogens is 1. The molecular formula is C17H15FN2O4S2. The van der Waals surface area contributed by atoms with Gasteiger partial charge in [0.2, 0.25) is 10.0 Å². The van der Waals surface area contributed by atoms with Crippen LogP contribution >= 0.6 is 11.3 Å². The summed E-state index contributed by atoms with van der Waals surface area (Å²) in [5.74, 6) is -1.27. The molecule has 26 heavy (non-hydrogen) atoms. The average Bonchev–Trinajstić information content (AvgIpc) is 3.02. The molecule has 0 atom stereocenters. The highest BCUT2D eigenvalue weighted by molar-refractivity contribution is 7.89. The van der Waals surface area contributed by atoms with E-state index in [1.165, 1.54) is 44.4 Å². The lowest BCUT2D eigenvalue weighted by atomic mass is 10.2. The zero-order valence-corrected chi connectivity index (χ0v) is 15.5. The van der Waals surface area contributed by atoms with Gasteiger partial charge in [-0.05, 0) is 36.4 Å². The minimum atomic E-state index is -3.72. The SMILES string of the molecule is CN(C)S(=O)(=O)c1ccc(O)c(NC(=O)c2cc3c(F)cccc3s2)c1. The van der Waals surface area contributed by atoms with E-state index in [0.717, 1.165) is 15.6 Å². The number of aromatic hydroxyl groups is 1. The first-order valence-corrected chi connectivity index (χ1v) is 9.71. The third kappa shape index (κ3) is 3.28. The van der Waals surface area contributed by atoms with E-state index in [0.29, 0.717) is 10.1 Å². The van der Waals surface area contributed by atoms with E-state index in [9.17, 15) is 22.7 Å². The third-order valence-corrected chi connectivity index (χ3v) is 6.64. The highest BCUT2D eigenvalue weighted by atomic mass is 32.2. The Morgan fingerprint density at radius 3 is 2.58 bits per heavy atom. The van der Waals surface area contributed by atoms with E-state index < -0.39 is 21.7 Å². The lowest BCUT2D eigenvalue weighted by molar-refractivity contribution is 0.103. The number of phenols is 1. The molecule has 1 aromatic heterocycles. The summed E-state index contributed by atoms with van der Waals surface area (Å²) in [5, 5.41) is 12.7. The first-order chi connectivity index (χ1) is 12.2. The normalized spacial score (nSPS) is 11.8. The summed E-state index contributed by atoms with van der Waals surface area (Å²) < 4.78 is 39.8. The molecule has 0 unspecified atom stereocenters. The maximum atomic E-state index is 13.8. The van der Waals surface area contributed by atoms with Crippen LogP contribution in [0.5, 0.6) is 5.75 Å². The van der Waals surface area contributed by atoms with Crippen molar-refractivity contribution < 1.29 is 22.7 Å². The summed E-state index contributed by atoms with van der Waals surface area (Å²) in [7, 11) is -0.956. The minimum Gasteiger partial charge on any atom is -0.506 e. The molecule has 2 N–H and O–H groups in total. The molecule has 0 bridgehead atoms. The molecule has 0 radical (unpaired) electrons. The van der Waals surface area contributed by atoms with Crippen LogP contribution in [-0.4, -0.2) is 37.8 Å². The van der Waals surface area contributed by atoms with Crippen molar-refractivity contribution in [2.75, 3.05) is 19.4 Å². The van der Waals surface area contributed by atoms with Gasteiger partial charge in [0, 0.05) is 24.2 Å². The van der Waals surface area contributed by atoms with Crippen molar-refractivity contribution >= 4 is 43.0 Å². The fraction of sp³-hybridized carbons (Fsp3) is 0.118. The van der Waals surface area contributed by atoms with Gasteiger partial charge in [-0.1, -0.05) is 6.07 Å². The first kappa shape index (κ1) is 18.3. The summed E-state index contributed by atoms with van der Waals surface area (Å²) in [5.41, 5.74) is -0.0455. The van der Waals surface area contributed by atoms with Gasteiger partial charge in [-0.25, -0.2) is 17.1 Å². The number of hydrogen-bond acceptors (Lipinski definition) is 5. The van der Waals surface area contributed by atoms with E-state index in [1.807, 2.05) is 0 Å². The molecule has 1 amide bonds. The summed E-state index contributed by atoms with van der Waals surface area (Å²) in [4.78, 5) is 12.6.